The first-order valence-electron chi connectivity index (χ1n) is 7.58. The van der Waals surface area contributed by atoms with Crippen LogP contribution in [0.2, 0.25) is 5.02 Å². The Morgan fingerprint density at radius 3 is 2.15 bits per heavy atom. The Balaban J connectivity index is 2.62. The van der Waals surface area contributed by atoms with Crippen molar-refractivity contribution in [1.82, 2.24) is 0 Å². The number of sulfonamides is 1. The summed E-state index contributed by atoms with van der Waals surface area (Å²) < 4.78 is 43.2. The lowest BCUT2D eigenvalue weighted by atomic mass is 10.2. The molecule has 0 fully saturated rings. The maximum absolute atomic E-state index is 13.2. The first-order valence-corrected chi connectivity index (χ1v) is 9.40. The van der Waals surface area contributed by atoms with E-state index in [0.29, 0.717) is 28.0 Å². The van der Waals surface area contributed by atoms with Crippen molar-refractivity contribution in [1.29, 1.82) is 0 Å². The normalized spacial score (nSPS) is 10.9. The van der Waals surface area contributed by atoms with Crippen molar-refractivity contribution in [2.45, 2.75) is 4.90 Å². The second-order valence-corrected chi connectivity index (χ2v) is 7.43. The van der Waals surface area contributed by atoms with E-state index in [1.807, 2.05) is 0 Å². The Kier molecular flexibility index (Phi) is 6.39. The predicted octanol–water partition coefficient (Wildman–Crippen LogP) is 3.75. The zero-order valence-corrected chi connectivity index (χ0v) is 16.3. The summed E-state index contributed by atoms with van der Waals surface area (Å²) in [6.07, 6.45) is 1.49. The lowest BCUT2D eigenvalue weighted by Crippen LogP contribution is -2.31. The van der Waals surface area contributed by atoms with E-state index >= 15 is 0 Å². The van der Waals surface area contributed by atoms with Gasteiger partial charge in [0.15, 0.2) is 0 Å². The summed E-state index contributed by atoms with van der Waals surface area (Å²) in [5.41, 5.74) is 0.296. The molecule has 0 N–H and O–H groups in total. The van der Waals surface area contributed by atoms with E-state index in [4.69, 9.17) is 25.8 Å². The zero-order valence-electron chi connectivity index (χ0n) is 14.7. The van der Waals surface area contributed by atoms with Gasteiger partial charge >= 0.3 is 0 Å². The zero-order chi connectivity index (χ0) is 19.3. The van der Waals surface area contributed by atoms with Crippen LogP contribution in [0, 0.1) is 0 Å². The van der Waals surface area contributed by atoms with Gasteiger partial charge in [-0.3, -0.25) is 4.31 Å². The average Bonchev–Trinajstić information content (AvgIpc) is 2.66. The second kappa shape index (κ2) is 8.33. The average molecular weight is 398 g/mol. The molecule has 0 heterocycles. The molecule has 0 aliphatic rings. The largest absolute Gasteiger partial charge is 0.497 e. The van der Waals surface area contributed by atoms with Gasteiger partial charge in [-0.25, -0.2) is 8.42 Å². The molecule has 6 nitrogen and oxygen atoms in total. The van der Waals surface area contributed by atoms with E-state index in [-0.39, 0.29) is 11.4 Å². The Hall–Kier alpha value is -2.38. The predicted molar refractivity (Wildman–Crippen MR) is 102 cm³/mol. The summed E-state index contributed by atoms with van der Waals surface area (Å²) in [4.78, 5) is 0.108. The molecule has 2 aromatic rings. The van der Waals surface area contributed by atoms with Crippen LogP contribution in [-0.4, -0.2) is 36.3 Å². The molecule has 0 spiro atoms. The SMILES string of the molecule is C=CCN(c1cc(OC)c(Cl)cc1OC)S(=O)(=O)c1ccc(OC)cc1. The van der Waals surface area contributed by atoms with Gasteiger partial charge in [-0.2, -0.15) is 0 Å². The smallest absolute Gasteiger partial charge is 0.264 e. The Labute approximate surface area is 158 Å². The lowest BCUT2D eigenvalue weighted by Gasteiger charge is -2.25. The number of halogens is 1. The van der Waals surface area contributed by atoms with E-state index in [1.165, 1.54) is 56.0 Å². The highest BCUT2D eigenvalue weighted by atomic mass is 35.5. The Morgan fingerprint density at radius 2 is 1.65 bits per heavy atom. The molecule has 2 aromatic carbocycles. The van der Waals surface area contributed by atoms with Gasteiger partial charge < -0.3 is 14.2 Å². The summed E-state index contributed by atoms with van der Waals surface area (Å²) in [7, 11) is 0.518. The van der Waals surface area contributed by atoms with Gasteiger partial charge in [-0.15, -0.1) is 6.58 Å². The molecule has 0 aliphatic carbocycles. The summed E-state index contributed by atoms with van der Waals surface area (Å²) in [6.45, 7) is 3.69. The first kappa shape index (κ1) is 19.9. The third kappa shape index (κ3) is 3.89. The van der Waals surface area contributed by atoms with Crippen molar-refractivity contribution in [3.8, 4) is 17.2 Å². The number of hydrogen-bond acceptors (Lipinski definition) is 5. The molecule has 0 saturated carbocycles. The molecule has 26 heavy (non-hydrogen) atoms. The monoisotopic (exact) mass is 397 g/mol. The molecule has 0 aliphatic heterocycles. The van der Waals surface area contributed by atoms with Gasteiger partial charge in [0.25, 0.3) is 10.0 Å². The summed E-state index contributed by atoms with van der Waals surface area (Å²) in [5, 5.41) is 0.313. The summed E-state index contributed by atoms with van der Waals surface area (Å²) in [6, 6.07) is 9.14. The van der Waals surface area contributed by atoms with E-state index < -0.39 is 10.0 Å². The minimum atomic E-state index is -3.88. The van der Waals surface area contributed by atoms with E-state index in [9.17, 15) is 8.42 Å². The molecule has 0 saturated heterocycles. The molecule has 0 radical (unpaired) electrons. The van der Waals surface area contributed by atoms with Crippen molar-refractivity contribution in [3.05, 3.63) is 54.1 Å². The number of nitrogens with zero attached hydrogens (tertiary/aromatic N) is 1. The van der Waals surface area contributed by atoms with E-state index in [0.717, 1.165) is 0 Å². The van der Waals surface area contributed by atoms with Crippen molar-refractivity contribution in [3.63, 3.8) is 0 Å². The fraction of sp³-hybridized carbons (Fsp3) is 0.222. The van der Waals surface area contributed by atoms with Crippen LogP contribution in [0.15, 0.2) is 53.9 Å². The highest BCUT2D eigenvalue weighted by molar-refractivity contribution is 7.92. The third-order valence-electron chi connectivity index (χ3n) is 3.66. The minimum Gasteiger partial charge on any atom is -0.497 e. The summed E-state index contributed by atoms with van der Waals surface area (Å²) in [5.74, 6) is 1.20. The number of anilines is 1. The third-order valence-corrected chi connectivity index (χ3v) is 5.75. The van der Waals surface area contributed by atoms with Crippen molar-refractivity contribution in [2.75, 3.05) is 32.2 Å². The molecule has 0 atom stereocenters. The minimum absolute atomic E-state index is 0.0372. The fourth-order valence-electron chi connectivity index (χ4n) is 2.36. The van der Waals surface area contributed by atoms with Gasteiger partial charge in [-0.1, -0.05) is 17.7 Å². The Morgan fingerprint density at radius 1 is 1.04 bits per heavy atom. The molecular weight excluding hydrogens is 378 g/mol. The molecular formula is C18H20ClNO5S. The fourth-order valence-corrected chi connectivity index (χ4v) is 4.03. The van der Waals surface area contributed by atoms with E-state index in [1.54, 1.807) is 12.1 Å². The number of benzene rings is 2. The maximum atomic E-state index is 13.2. The topological polar surface area (TPSA) is 65.1 Å². The molecule has 0 bridgehead atoms. The molecule has 0 amide bonds. The van der Waals surface area contributed by atoms with Crippen LogP contribution >= 0.6 is 11.6 Å². The molecule has 140 valence electrons. The van der Waals surface area contributed by atoms with Gasteiger partial charge in [-0.05, 0) is 24.3 Å². The first-order chi connectivity index (χ1) is 12.4. The standard InChI is InChI=1S/C18H20ClNO5S/c1-5-10-20(16-12-17(24-3)15(19)11-18(16)25-4)26(21,22)14-8-6-13(23-2)7-9-14/h5-9,11-12H,1,10H2,2-4H3. The van der Waals surface area contributed by atoms with Crippen LogP contribution in [0.5, 0.6) is 17.2 Å². The van der Waals surface area contributed by atoms with E-state index in [2.05, 4.69) is 6.58 Å². The van der Waals surface area contributed by atoms with Gasteiger partial charge in [0.05, 0.1) is 43.5 Å². The Bertz CT molecular complexity index is 881. The maximum Gasteiger partial charge on any atom is 0.264 e. The van der Waals surface area contributed by atoms with Crippen molar-refractivity contribution in [2.24, 2.45) is 0 Å². The second-order valence-electron chi connectivity index (χ2n) is 5.16. The van der Waals surface area contributed by atoms with Crippen LogP contribution in [0.1, 0.15) is 0 Å². The number of hydrogen-bond donors (Lipinski definition) is 0. The van der Waals surface area contributed by atoms with Crippen LogP contribution in [0.25, 0.3) is 0 Å². The highest BCUT2D eigenvalue weighted by Crippen LogP contribution is 2.40. The number of methoxy groups -OCH3 is 3. The number of ether oxygens (including phenoxy) is 3. The van der Waals surface area contributed by atoms with Crippen LogP contribution in [0.3, 0.4) is 0 Å². The van der Waals surface area contributed by atoms with Gasteiger partial charge in [0.1, 0.15) is 17.2 Å². The lowest BCUT2D eigenvalue weighted by molar-refractivity contribution is 0.404. The van der Waals surface area contributed by atoms with Crippen molar-refractivity contribution < 1.29 is 22.6 Å². The van der Waals surface area contributed by atoms with Gasteiger partial charge in [0, 0.05) is 12.1 Å². The highest BCUT2D eigenvalue weighted by Gasteiger charge is 2.27. The summed E-state index contributed by atoms with van der Waals surface area (Å²) >= 11 is 6.12. The molecule has 2 rings (SSSR count). The van der Waals surface area contributed by atoms with Gasteiger partial charge in [0.2, 0.25) is 0 Å². The molecule has 0 unspecified atom stereocenters. The molecule has 0 aromatic heterocycles. The van der Waals surface area contributed by atoms with Crippen LogP contribution in [-0.2, 0) is 10.0 Å². The number of rotatable bonds is 8. The van der Waals surface area contributed by atoms with Crippen LogP contribution < -0.4 is 18.5 Å². The molecule has 8 heteroatoms. The van der Waals surface area contributed by atoms with Crippen LogP contribution in [0.4, 0.5) is 5.69 Å². The van der Waals surface area contributed by atoms with Crippen molar-refractivity contribution >= 4 is 27.3 Å². The quantitative estimate of drug-likeness (QED) is 0.635.